The van der Waals surface area contributed by atoms with Crippen LogP contribution in [0.25, 0.3) is 0 Å². The summed E-state index contributed by atoms with van der Waals surface area (Å²) in [4.78, 5) is 13.0. The topological polar surface area (TPSA) is 52.5 Å². The molecular formula is C15H26N4O. The summed E-state index contributed by atoms with van der Waals surface area (Å²) in [6, 6.07) is 0. The highest BCUT2D eigenvalue weighted by atomic mass is 16.3. The van der Waals surface area contributed by atoms with E-state index < -0.39 is 5.60 Å². The highest BCUT2D eigenvalue weighted by Gasteiger charge is 2.31. The third kappa shape index (κ3) is 3.46. The van der Waals surface area contributed by atoms with Crippen LogP contribution in [0.15, 0.2) is 6.33 Å². The minimum absolute atomic E-state index is 0.575. The van der Waals surface area contributed by atoms with Gasteiger partial charge in [0, 0.05) is 30.9 Å². The molecule has 1 saturated heterocycles. The molecule has 0 aromatic carbocycles. The molecule has 0 spiro atoms. The van der Waals surface area contributed by atoms with Crippen molar-refractivity contribution in [2.24, 2.45) is 0 Å². The maximum absolute atomic E-state index is 10.7. The summed E-state index contributed by atoms with van der Waals surface area (Å²) in [5, 5.41) is 10.7. The molecule has 0 saturated carbocycles. The average molecular weight is 278 g/mol. The number of hydrogen-bond acceptors (Lipinski definition) is 5. The van der Waals surface area contributed by atoms with Crippen LogP contribution in [0.5, 0.6) is 0 Å². The van der Waals surface area contributed by atoms with Crippen LogP contribution in [0.3, 0.4) is 0 Å². The van der Waals surface area contributed by atoms with Crippen molar-refractivity contribution in [2.75, 3.05) is 38.6 Å². The normalized spacial score (nSPS) is 24.0. The molecule has 0 amide bonds. The zero-order valence-electron chi connectivity index (χ0n) is 13.1. The molecule has 20 heavy (non-hydrogen) atoms. The first-order valence-corrected chi connectivity index (χ1v) is 7.31. The van der Waals surface area contributed by atoms with Gasteiger partial charge in [-0.1, -0.05) is 0 Å². The molecule has 0 aliphatic carbocycles. The Labute approximate surface area is 121 Å². The molecule has 1 aromatic rings. The van der Waals surface area contributed by atoms with Gasteiger partial charge in [0.05, 0.1) is 5.60 Å². The highest BCUT2D eigenvalue weighted by molar-refractivity contribution is 5.47. The minimum Gasteiger partial charge on any atom is -0.388 e. The monoisotopic (exact) mass is 278 g/mol. The van der Waals surface area contributed by atoms with Gasteiger partial charge in [-0.2, -0.15) is 0 Å². The van der Waals surface area contributed by atoms with Crippen molar-refractivity contribution in [3.63, 3.8) is 0 Å². The number of aryl methyl sites for hydroxylation is 1. The van der Waals surface area contributed by atoms with Gasteiger partial charge in [0.2, 0.25) is 0 Å². The van der Waals surface area contributed by atoms with Crippen LogP contribution < -0.4 is 4.90 Å². The predicted octanol–water partition coefficient (Wildman–Crippen LogP) is 1.38. The smallest absolute Gasteiger partial charge is 0.135 e. The van der Waals surface area contributed by atoms with E-state index in [1.54, 1.807) is 6.33 Å². The highest BCUT2D eigenvalue weighted by Crippen LogP contribution is 2.27. The van der Waals surface area contributed by atoms with Crippen molar-refractivity contribution in [3.05, 3.63) is 17.6 Å². The Morgan fingerprint density at radius 3 is 2.70 bits per heavy atom. The van der Waals surface area contributed by atoms with Gasteiger partial charge in [0.15, 0.2) is 0 Å². The van der Waals surface area contributed by atoms with E-state index in [2.05, 4.69) is 26.7 Å². The van der Waals surface area contributed by atoms with E-state index in [-0.39, 0.29) is 0 Å². The standard InChI is InChI=1S/C15H26N4O/c1-12-13(2)16-11-17-14(12)19-8-5-6-15(20,7-9-19)10-18(3)4/h11,20H,5-10H2,1-4H3. The Hall–Kier alpha value is -1.20. The van der Waals surface area contributed by atoms with Gasteiger partial charge in [-0.3, -0.25) is 0 Å². The quantitative estimate of drug-likeness (QED) is 0.905. The van der Waals surface area contributed by atoms with Crippen LogP contribution in [0.1, 0.15) is 30.5 Å². The van der Waals surface area contributed by atoms with Crippen LogP contribution >= 0.6 is 0 Å². The lowest BCUT2D eigenvalue weighted by Gasteiger charge is -2.30. The largest absolute Gasteiger partial charge is 0.388 e. The predicted molar refractivity (Wildman–Crippen MR) is 81.1 cm³/mol. The zero-order chi connectivity index (χ0) is 14.8. The number of anilines is 1. The van der Waals surface area contributed by atoms with Crippen LogP contribution in [-0.2, 0) is 0 Å². The molecule has 0 bridgehead atoms. The van der Waals surface area contributed by atoms with Crippen molar-refractivity contribution >= 4 is 5.82 Å². The van der Waals surface area contributed by atoms with E-state index in [9.17, 15) is 5.11 Å². The number of aromatic nitrogens is 2. The molecule has 112 valence electrons. The lowest BCUT2D eigenvalue weighted by Crippen LogP contribution is -2.41. The maximum atomic E-state index is 10.7. The number of aliphatic hydroxyl groups is 1. The lowest BCUT2D eigenvalue weighted by atomic mass is 9.94. The third-order valence-corrected chi connectivity index (χ3v) is 4.14. The van der Waals surface area contributed by atoms with E-state index in [0.29, 0.717) is 0 Å². The van der Waals surface area contributed by atoms with E-state index in [1.807, 2.05) is 21.0 Å². The van der Waals surface area contributed by atoms with E-state index in [4.69, 9.17) is 0 Å². The number of likely N-dealkylation sites (N-methyl/N-ethyl adjacent to an activating group) is 1. The van der Waals surface area contributed by atoms with Crippen LogP contribution in [0.4, 0.5) is 5.82 Å². The lowest BCUT2D eigenvalue weighted by molar-refractivity contribution is 0.00537. The van der Waals surface area contributed by atoms with E-state index in [1.165, 1.54) is 0 Å². The van der Waals surface area contributed by atoms with Crippen molar-refractivity contribution in [3.8, 4) is 0 Å². The fraction of sp³-hybridized carbons (Fsp3) is 0.733. The van der Waals surface area contributed by atoms with E-state index >= 15 is 0 Å². The molecule has 1 aliphatic rings. The van der Waals surface area contributed by atoms with Crippen molar-refractivity contribution in [2.45, 2.75) is 38.7 Å². The molecule has 0 radical (unpaired) electrons. The first kappa shape index (κ1) is 15.2. The van der Waals surface area contributed by atoms with Gasteiger partial charge in [0.25, 0.3) is 0 Å². The Bertz CT molecular complexity index is 463. The van der Waals surface area contributed by atoms with Gasteiger partial charge >= 0.3 is 0 Å². The number of hydrogen-bond donors (Lipinski definition) is 1. The van der Waals surface area contributed by atoms with Gasteiger partial charge in [-0.15, -0.1) is 0 Å². The molecule has 1 fully saturated rings. The van der Waals surface area contributed by atoms with Crippen molar-refractivity contribution < 1.29 is 5.11 Å². The van der Waals surface area contributed by atoms with Crippen molar-refractivity contribution in [1.82, 2.24) is 14.9 Å². The molecule has 1 aromatic heterocycles. The van der Waals surface area contributed by atoms with Gasteiger partial charge in [-0.25, -0.2) is 9.97 Å². The van der Waals surface area contributed by atoms with Crippen LogP contribution in [0, 0.1) is 13.8 Å². The fourth-order valence-corrected chi connectivity index (χ4v) is 2.98. The molecule has 2 rings (SSSR count). The molecule has 1 N–H and O–H groups in total. The zero-order valence-corrected chi connectivity index (χ0v) is 13.1. The van der Waals surface area contributed by atoms with Gasteiger partial charge in [0.1, 0.15) is 12.1 Å². The molecule has 2 heterocycles. The summed E-state index contributed by atoms with van der Waals surface area (Å²) >= 11 is 0. The molecule has 5 nitrogen and oxygen atoms in total. The Kier molecular flexibility index (Phi) is 4.60. The summed E-state index contributed by atoms with van der Waals surface area (Å²) in [5.74, 6) is 1.02. The SMILES string of the molecule is Cc1ncnc(N2CCCC(O)(CN(C)C)CC2)c1C. The molecule has 1 unspecified atom stereocenters. The van der Waals surface area contributed by atoms with Crippen LogP contribution in [-0.4, -0.2) is 59.3 Å². The second-order valence-electron chi connectivity index (χ2n) is 6.21. The summed E-state index contributed by atoms with van der Waals surface area (Å²) in [7, 11) is 4.02. The van der Waals surface area contributed by atoms with Gasteiger partial charge in [-0.05, 0) is 47.2 Å². The summed E-state index contributed by atoms with van der Waals surface area (Å²) in [6.07, 6.45) is 4.26. The Balaban J connectivity index is 2.11. The summed E-state index contributed by atoms with van der Waals surface area (Å²) < 4.78 is 0. The maximum Gasteiger partial charge on any atom is 0.135 e. The van der Waals surface area contributed by atoms with Gasteiger partial charge < -0.3 is 14.9 Å². The minimum atomic E-state index is -0.575. The Morgan fingerprint density at radius 2 is 2.00 bits per heavy atom. The second-order valence-corrected chi connectivity index (χ2v) is 6.21. The second kappa shape index (κ2) is 6.06. The molecule has 5 heteroatoms. The molecule has 1 atom stereocenters. The van der Waals surface area contributed by atoms with Crippen LogP contribution in [0.2, 0.25) is 0 Å². The van der Waals surface area contributed by atoms with Crippen molar-refractivity contribution in [1.29, 1.82) is 0 Å². The number of rotatable bonds is 3. The fourth-order valence-electron chi connectivity index (χ4n) is 2.98. The van der Waals surface area contributed by atoms with E-state index in [0.717, 1.165) is 56.0 Å². The summed E-state index contributed by atoms with van der Waals surface area (Å²) in [6.45, 7) is 6.61. The molecule has 1 aliphatic heterocycles. The number of nitrogens with zero attached hydrogens (tertiary/aromatic N) is 4. The average Bonchev–Trinajstić information content (AvgIpc) is 2.54. The summed E-state index contributed by atoms with van der Waals surface area (Å²) in [5.41, 5.74) is 1.60. The third-order valence-electron chi connectivity index (χ3n) is 4.14. The Morgan fingerprint density at radius 1 is 1.25 bits per heavy atom. The first-order valence-electron chi connectivity index (χ1n) is 7.31. The first-order chi connectivity index (χ1) is 9.41. The molecular weight excluding hydrogens is 252 g/mol.